The van der Waals surface area contributed by atoms with E-state index < -0.39 is 0 Å². The van der Waals surface area contributed by atoms with Gasteiger partial charge >= 0.3 is 0 Å². The first-order valence-corrected chi connectivity index (χ1v) is 12.1. The Bertz CT molecular complexity index is 1060. The van der Waals surface area contributed by atoms with Crippen molar-refractivity contribution in [1.29, 1.82) is 0 Å². The van der Waals surface area contributed by atoms with Crippen molar-refractivity contribution in [1.82, 2.24) is 14.8 Å². The number of fused-ring (bicyclic) bond motifs is 2. The second-order valence-corrected chi connectivity index (χ2v) is 10.7. The lowest BCUT2D eigenvalue weighted by atomic mass is 9.81. The largest absolute Gasteiger partial charge is 0.365 e. The second kappa shape index (κ2) is 7.93. The van der Waals surface area contributed by atoms with Gasteiger partial charge < -0.3 is 14.6 Å². The zero-order chi connectivity index (χ0) is 20.9. The molecular weight excluding hydrogens is 485 g/mol. The van der Waals surface area contributed by atoms with E-state index in [-0.39, 0.29) is 9.65 Å². The fourth-order valence-electron chi connectivity index (χ4n) is 5.10. The summed E-state index contributed by atoms with van der Waals surface area (Å²) in [7, 11) is 2.24. The molecule has 3 heterocycles. The third-order valence-corrected chi connectivity index (χ3v) is 7.71. The number of ether oxygens (including phenoxy) is 1. The summed E-state index contributed by atoms with van der Waals surface area (Å²) in [5.74, 6) is 0.414. The summed E-state index contributed by atoms with van der Waals surface area (Å²) in [5, 5.41) is 1.29. The number of aromatic nitrogens is 1. The van der Waals surface area contributed by atoms with Crippen molar-refractivity contribution in [2.24, 2.45) is 0 Å². The van der Waals surface area contributed by atoms with Crippen molar-refractivity contribution < 1.29 is 4.74 Å². The molecule has 1 saturated heterocycles. The van der Waals surface area contributed by atoms with Gasteiger partial charge in [-0.05, 0) is 89.3 Å². The summed E-state index contributed by atoms with van der Waals surface area (Å²) < 4.78 is 6.04. The summed E-state index contributed by atoms with van der Waals surface area (Å²) in [4.78, 5) is 8.34. The molecule has 0 amide bonds. The molecule has 4 nitrogen and oxygen atoms in total. The van der Waals surface area contributed by atoms with Crippen LogP contribution < -0.4 is 0 Å². The van der Waals surface area contributed by atoms with Gasteiger partial charge in [-0.25, -0.2) is 0 Å². The van der Waals surface area contributed by atoms with Gasteiger partial charge in [0.2, 0.25) is 0 Å². The first-order chi connectivity index (χ1) is 14.4. The molecule has 0 aliphatic carbocycles. The minimum absolute atomic E-state index is 0.00220. The van der Waals surface area contributed by atoms with E-state index in [4.69, 9.17) is 4.74 Å². The molecule has 30 heavy (non-hydrogen) atoms. The van der Waals surface area contributed by atoms with E-state index in [1.54, 1.807) is 0 Å². The first kappa shape index (κ1) is 20.5. The van der Waals surface area contributed by atoms with Crippen molar-refractivity contribution in [2.45, 2.75) is 36.0 Å². The van der Waals surface area contributed by atoms with Crippen molar-refractivity contribution >= 4 is 33.5 Å². The normalized spacial score (nSPS) is 23.6. The number of alkyl halides is 1. The van der Waals surface area contributed by atoms with E-state index in [1.807, 2.05) is 6.20 Å². The molecule has 2 unspecified atom stereocenters. The Balaban J connectivity index is 1.50. The highest BCUT2D eigenvalue weighted by molar-refractivity contribution is 14.1. The van der Waals surface area contributed by atoms with Crippen LogP contribution in [0.3, 0.4) is 0 Å². The van der Waals surface area contributed by atoms with E-state index in [9.17, 15) is 0 Å². The molecule has 5 rings (SSSR count). The Morgan fingerprint density at radius 3 is 2.80 bits per heavy atom. The Morgan fingerprint density at radius 1 is 1.10 bits per heavy atom. The number of rotatable bonds is 3. The van der Waals surface area contributed by atoms with Gasteiger partial charge in [-0.15, -0.1) is 0 Å². The molecule has 2 aromatic carbocycles. The highest BCUT2D eigenvalue weighted by Gasteiger charge is 2.34. The molecule has 1 aromatic heterocycles. The number of nitrogens with one attached hydrogen (secondary N) is 1. The number of hydrogen-bond acceptors (Lipinski definition) is 3. The van der Waals surface area contributed by atoms with Crippen LogP contribution in [-0.2, 0) is 16.8 Å². The zero-order valence-electron chi connectivity index (χ0n) is 18.0. The van der Waals surface area contributed by atoms with Crippen LogP contribution in [0, 0.1) is 0 Å². The fraction of sp³-hybridized carbons (Fsp3) is 0.440. The van der Waals surface area contributed by atoms with Crippen LogP contribution in [-0.4, -0.2) is 52.2 Å². The average Bonchev–Trinajstić information content (AvgIpc) is 3.20. The third kappa shape index (κ3) is 3.70. The van der Waals surface area contributed by atoms with Gasteiger partial charge in [0.05, 0.1) is 6.61 Å². The summed E-state index contributed by atoms with van der Waals surface area (Å²) in [6.45, 7) is 9.56. The molecule has 2 aliphatic rings. The van der Waals surface area contributed by atoms with Crippen LogP contribution in [0.15, 0.2) is 48.7 Å². The second-order valence-electron chi connectivity index (χ2n) is 9.27. The Kier molecular flexibility index (Phi) is 5.42. The maximum Gasteiger partial charge on any atom is 0.121 e. The standard InChI is InChI=1S/C25H30IN3O/c1-25(2,29-10-11-30-24(26)16-29)20-5-6-21-19(13-20)14-28(3)15-22(21)17-4-7-23-18(12-17)8-9-27-23/h4-9,12-13,22,24,27H,10-11,14-16H2,1-3H3. The summed E-state index contributed by atoms with van der Waals surface area (Å²) in [6, 6.07) is 16.3. The highest BCUT2D eigenvalue weighted by Crippen LogP contribution is 2.38. The van der Waals surface area contributed by atoms with Gasteiger partial charge in [0.25, 0.3) is 0 Å². The van der Waals surface area contributed by atoms with Gasteiger partial charge in [0, 0.05) is 49.3 Å². The van der Waals surface area contributed by atoms with Gasteiger partial charge in [0.15, 0.2) is 0 Å². The van der Waals surface area contributed by atoms with Crippen LogP contribution in [0.25, 0.3) is 10.9 Å². The predicted molar refractivity (Wildman–Crippen MR) is 131 cm³/mol. The molecule has 0 spiro atoms. The molecule has 158 valence electrons. The summed E-state index contributed by atoms with van der Waals surface area (Å²) in [5.41, 5.74) is 6.96. The molecule has 0 saturated carbocycles. The lowest BCUT2D eigenvalue weighted by molar-refractivity contribution is -0.0203. The molecule has 0 radical (unpaired) electrons. The lowest BCUT2D eigenvalue weighted by Crippen LogP contribution is -2.50. The monoisotopic (exact) mass is 515 g/mol. The van der Waals surface area contributed by atoms with Crippen LogP contribution in [0.5, 0.6) is 0 Å². The van der Waals surface area contributed by atoms with Crippen molar-refractivity contribution in [2.75, 3.05) is 33.3 Å². The molecule has 5 heteroatoms. The number of aromatic amines is 1. The number of nitrogens with zero attached hydrogens (tertiary/aromatic N) is 2. The van der Waals surface area contributed by atoms with Crippen LogP contribution >= 0.6 is 22.6 Å². The van der Waals surface area contributed by atoms with Crippen LogP contribution in [0.1, 0.15) is 42.0 Å². The molecule has 0 bridgehead atoms. The van der Waals surface area contributed by atoms with Crippen molar-refractivity contribution in [3.8, 4) is 0 Å². The van der Waals surface area contributed by atoms with Crippen LogP contribution in [0.2, 0.25) is 0 Å². The Labute approximate surface area is 192 Å². The average molecular weight is 515 g/mol. The fourth-order valence-corrected chi connectivity index (χ4v) is 5.83. The highest BCUT2D eigenvalue weighted by atomic mass is 127. The van der Waals surface area contributed by atoms with E-state index in [0.717, 1.165) is 32.8 Å². The lowest BCUT2D eigenvalue weighted by Gasteiger charge is -2.43. The van der Waals surface area contributed by atoms with Crippen molar-refractivity contribution in [3.63, 3.8) is 0 Å². The molecule has 2 aliphatic heterocycles. The van der Waals surface area contributed by atoms with Gasteiger partial charge in [-0.2, -0.15) is 0 Å². The van der Waals surface area contributed by atoms with E-state index in [2.05, 4.69) is 101 Å². The zero-order valence-corrected chi connectivity index (χ0v) is 20.1. The summed E-state index contributed by atoms with van der Waals surface area (Å²) >= 11 is 2.41. The van der Waals surface area contributed by atoms with Gasteiger partial charge in [-0.1, -0.05) is 24.3 Å². The smallest absolute Gasteiger partial charge is 0.121 e. The van der Waals surface area contributed by atoms with E-state index >= 15 is 0 Å². The molecule has 2 atom stereocenters. The molecule has 1 N–H and O–H groups in total. The van der Waals surface area contributed by atoms with Crippen LogP contribution in [0.4, 0.5) is 0 Å². The summed E-state index contributed by atoms with van der Waals surface area (Å²) in [6.07, 6.45) is 2.02. The van der Waals surface area contributed by atoms with Gasteiger partial charge in [-0.3, -0.25) is 4.90 Å². The Hall–Kier alpha value is -1.41. The van der Waals surface area contributed by atoms with Gasteiger partial charge in [0.1, 0.15) is 4.11 Å². The first-order valence-electron chi connectivity index (χ1n) is 10.8. The number of likely N-dealkylation sites (N-methyl/N-ethyl adjacent to an activating group) is 1. The minimum atomic E-state index is -0.00220. The minimum Gasteiger partial charge on any atom is -0.365 e. The maximum absolute atomic E-state index is 5.77. The number of benzene rings is 2. The number of H-pyrrole nitrogens is 1. The third-order valence-electron chi connectivity index (χ3n) is 6.95. The van der Waals surface area contributed by atoms with E-state index in [1.165, 1.54) is 33.2 Å². The predicted octanol–water partition coefficient (Wildman–Crippen LogP) is 5.07. The van der Waals surface area contributed by atoms with Crippen molar-refractivity contribution in [3.05, 3.63) is 70.9 Å². The maximum atomic E-state index is 5.77. The Morgan fingerprint density at radius 2 is 1.97 bits per heavy atom. The van der Waals surface area contributed by atoms with E-state index in [0.29, 0.717) is 5.92 Å². The molecule has 3 aromatic rings. The number of hydrogen-bond donors (Lipinski definition) is 1. The number of halogens is 1. The number of morpholine rings is 1. The SMILES string of the molecule is CN1Cc2cc(C(C)(C)N3CCOC(I)C3)ccc2C(c2ccc3[nH]ccc3c2)C1. The quantitative estimate of drug-likeness (QED) is 0.391. The topological polar surface area (TPSA) is 31.5 Å². The molecule has 1 fully saturated rings. The molecular formula is C25H30IN3O.